The third-order valence-electron chi connectivity index (χ3n) is 4.79. The molecule has 2 atom stereocenters. The van der Waals surface area contributed by atoms with E-state index in [9.17, 15) is 5.11 Å². The molecule has 0 aromatic heterocycles. The van der Waals surface area contributed by atoms with Gasteiger partial charge in [0, 0.05) is 0 Å². The van der Waals surface area contributed by atoms with Gasteiger partial charge in [0.25, 0.3) is 0 Å². The minimum Gasteiger partial charge on any atom is -1.00 e. The average Bonchev–Trinajstić information content (AvgIpc) is 2.55. The van der Waals surface area contributed by atoms with Gasteiger partial charge in [0.2, 0.25) is 0 Å². The van der Waals surface area contributed by atoms with Crippen LogP contribution in [0.2, 0.25) is 0 Å². The number of rotatable bonds is 7. The number of hydrogen-bond acceptors (Lipinski definition) is 2. The van der Waals surface area contributed by atoms with Gasteiger partial charge in [-0.15, -0.1) is 0 Å². The van der Waals surface area contributed by atoms with Gasteiger partial charge in [-0.25, -0.2) is 0 Å². The maximum absolute atomic E-state index is 10.4. The minimum absolute atomic E-state index is 0. The molecule has 1 aromatic carbocycles. The summed E-state index contributed by atoms with van der Waals surface area (Å²) in [6.45, 7) is 3.23. The molecule has 1 aromatic rings. The van der Waals surface area contributed by atoms with Crippen LogP contribution in [0.1, 0.15) is 57.1 Å². The molecule has 3 nitrogen and oxygen atoms in total. The normalized spacial score (nSPS) is 18.3. The average molecular weight is 328 g/mol. The van der Waals surface area contributed by atoms with Crippen molar-refractivity contribution in [2.45, 2.75) is 57.6 Å². The van der Waals surface area contributed by atoms with Gasteiger partial charge in [0.15, 0.2) is 0 Å². The highest BCUT2D eigenvalue weighted by Gasteiger charge is 2.20. The van der Waals surface area contributed by atoms with E-state index < -0.39 is 6.10 Å². The van der Waals surface area contributed by atoms with E-state index in [0.29, 0.717) is 0 Å². The van der Waals surface area contributed by atoms with E-state index in [1.807, 2.05) is 24.3 Å². The molecule has 0 aliphatic heterocycles. The summed E-state index contributed by atoms with van der Waals surface area (Å²) in [6, 6.07) is 7.92. The maximum atomic E-state index is 10.4. The van der Waals surface area contributed by atoms with Crippen molar-refractivity contribution < 1.29 is 27.6 Å². The Bertz CT molecular complexity index is 404. The van der Waals surface area contributed by atoms with Gasteiger partial charge in [-0.05, 0) is 37.0 Å². The third kappa shape index (κ3) is 5.79. The van der Waals surface area contributed by atoms with Crippen LogP contribution in [0.25, 0.3) is 0 Å². The van der Waals surface area contributed by atoms with Crippen LogP contribution in [0.3, 0.4) is 0 Å². The quantitative estimate of drug-likeness (QED) is 0.719. The van der Waals surface area contributed by atoms with Crippen molar-refractivity contribution in [3.05, 3.63) is 29.8 Å². The predicted octanol–water partition coefficient (Wildman–Crippen LogP) is -0.345. The fourth-order valence-corrected chi connectivity index (χ4v) is 3.30. The van der Waals surface area contributed by atoms with Crippen LogP contribution in [-0.2, 0) is 0 Å². The fraction of sp³-hybridized carbons (Fsp3) is 0.667. The lowest BCUT2D eigenvalue weighted by molar-refractivity contribution is -0.695. The van der Waals surface area contributed by atoms with Crippen molar-refractivity contribution in [2.75, 3.05) is 13.7 Å². The largest absolute Gasteiger partial charge is 1.00 e. The second-order valence-electron chi connectivity index (χ2n) is 6.39. The Kier molecular flexibility index (Phi) is 8.84. The summed E-state index contributed by atoms with van der Waals surface area (Å²) < 4.78 is 5.15. The lowest BCUT2D eigenvalue weighted by Gasteiger charge is -2.22. The van der Waals surface area contributed by atoms with Gasteiger partial charge in [-0.2, -0.15) is 0 Å². The molecule has 1 saturated carbocycles. The molecule has 2 rings (SSSR count). The Morgan fingerprint density at radius 3 is 2.41 bits per heavy atom. The highest BCUT2D eigenvalue weighted by atomic mass is 35.5. The summed E-state index contributed by atoms with van der Waals surface area (Å²) in [5.74, 6) is 1.75. The smallest absolute Gasteiger partial charge is 0.130 e. The maximum Gasteiger partial charge on any atom is 0.130 e. The molecular weight excluding hydrogens is 298 g/mol. The third-order valence-corrected chi connectivity index (χ3v) is 4.79. The predicted molar refractivity (Wildman–Crippen MR) is 85.4 cm³/mol. The van der Waals surface area contributed by atoms with Crippen LogP contribution in [0, 0.1) is 5.92 Å². The van der Waals surface area contributed by atoms with E-state index in [1.54, 1.807) is 7.11 Å². The molecule has 0 heterocycles. The van der Waals surface area contributed by atoms with Gasteiger partial charge in [-0.1, -0.05) is 44.2 Å². The SMILES string of the molecule is COc1ccc(C(O)C(C)[NH2+]CCC2CCCCC2)cc1.[Cl-]. The molecule has 0 amide bonds. The van der Waals surface area contributed by atoms with E-state index in [0.717, 1.165) is 23.8 Å². The van der Waals surface area contributed by atoms with Crippen molar-refractivity contribution in [1.29, 1.82) is 0 Å². The van der Waals surface area contributed by atoms with Gasteiger partial charge in [0.1, 0.15) is 17.9 Å². The Labute approximate surface area is 140 Å². The summed E-state index contributed by atoms with van der Waals surface area (Å²) >= 11 is 0. The van der Waals surface area contributed by atoms with E-state index in [2.05, 4.69) is 12.2 Å². The Hall–Kier alpha value is -0.770. The Morgan fingerprint density at radius 2 is 1.82 bits per heavy atom. The lowest BCUT2D eigenvalue weighted by Crippen LogP contribution is -3.00. The van der Waals surface area contributed by atoms with E-state index in [1.165, 1.54) is 38.5 Å². The molecule has 1 aliphatic carbocycles. The number of benzene rings is 1. The first-order chi connectivity index (χ1) is 10.2. The number of methoxy groups -OCH3 is 1. The van der Waals surface area contributed by atoms with Crippen LogP contribution >= 0.6 is 0 Å². The molecule has 22 heavy (non-hydrogen) atoms. The van der Waals surface area contributed by atoms with Crippen LogP contribution in [0.15, 0.2) is 24.3 Å². The van der Waals surface area contributed by atoms with E-state index in [4.69, 9.17) is 4.74 Å². The first kappa shape index (κ1) is 19.3. The monoisotopic (exact) mass is 327 g/mol. The highest BCUT2D eigenvalue weighted by molar-refractivity contribution is 5.28. The first-order valence-electron chi connectivity index (χ1n) is 8.36. The summed E-state index contributed by atoms with van der Waals surface area (Å²) in [7, 11) is 1.66. The number of hydrogen-bond donors (Lipinski definition) is 2. The van der Waals surface area contributed by atoms with Crippen molar-refractivity contribution in [1.82, 2.24) is 0 Å². The van der Waals surface area contributed by atoms with E-state index >= 15 is 0 Å². The van der Waals surface area contributed by atoms with Crippen molar-refractivity contribution in [3.8, 4) is 5.75 Å². The standard InChI is InChI=1S/C18H29NO2.ClH/c1-14(19-13-12-15-6-4-3-5-7-15)18(20)16-8-10-17(21-2)11-9-16;/h8-11,14-15,18-20H,3-7,12-13H2,1-2H3;1H. The van der Waals surface area contributed by atoms with Crippen molar-refractivity contribution in [3.63, 3.8) is 0 Å². The zero-order chi connectivity index (χ0) is 15.1. The van der Waals surface area contributed by atoms with Gasteiger partial charge >= 0.3 is 0 Å². The Balaban J connectivity index is 0.00000242. The second-order valence-corrected chi connectivity index (χ2v) is 6.39. The summed E-state index contributed by atoms with van der Waals surface area (Å²) in [4.78, 5) is 0. The second kappa shape index (κ2) is 10.1. The summed E-state index contributed by atoms with van der Waals surface area (Å²) in [6.07, 6.45) is 7.94. The number of aliphatic hydroxyl groups is 1. The van der Waals surface area contributed by atoms with Gasteiger partial charge in [-0.3, -0.25) is 0 Å². The van der Waals surface area contributed by atoms with Crippen LogP contribution in [-0.4, -0.2) is 24.8 Å². The zero-order valence-corrected chi connectivity index (χ0v) is 14.6. The molecular formula is C18H30ClNO2. The lowest BCUT2D eigenvalue weighted by atomic mass is 9.87. The molecule has 0 bridgehead atoms. The van der Waals surface area contributed by atoms with Crippen LogP contribution < -0.4 is 22.5 Å². The number of ether oxygens (including phenoxy) is 1. The molecule has 0 spiro atoms. The Morgan fingerprint density at radius 1 is 1.18 bits per heavy atom. The minimum atomic E-state index is -0.415. The molecule has 4 heteroatoms. The molecule has 126 valence electrons. The zero-order valence-electron chi connectivity index (χ0n) is 13.8. The molecule has 2 unspecified atom stereocenters. The number of halogens is 1. The molecule has 1 aliphatic rings. The number of quaternary nitrogens is 1. The fourth-order valence-electron chi connectivity index (χ4n) is 3.30. The highest BCUT2D eigenvalue weighted by Crippen LogP contribution is 2.25. The topological polar surface area (TPSA) is 46.1 Å². The molecule has 3 N–H and O–H groups in total. The summed E-state index contributed by atoms with van der Waals surface area (Å²) in [5.41, 5.74) is 0.970. The van der Waals surface area contributed by atoms with E-state index in [-0.39, 0.29) is 18.4 Å². The number of aliphatic hydroxyl groups excluding tert-OH is 1. The molecule has 0 radical (unpaired) electrons. The van der Waals surface area contributed by atoms with Crippen molar-refractivity contribution >= 4 is 0 Å². The molecule has 0 saturated heterocycles. The molecule has 1 fully saturated rings. The summed E-state index contributed by atoms with van der Waals surface area (Å²) in [5, 5.41) is 12.7. The van der Waals surface area contributed by atoms with Crippen molar-refractivity contribution in [2.24, 2.45) is 5.92 Å². The van der Waals surface area contributed by atoms with Crippen LogP contribution in [0.4, 0.5) is 0 Å². The first-order valence-corrected chi connectivity index (χ1v) is 8.36. The van der Waals surface area contributed by atoms with Crippen LogP contribution in [0.5, 0.6) is 5.75 Å². The van der Waals surface area contributed by atoms with Gasteiger partial charge < -0.3 is 27.6 Å². The number of nitrogens with two attached hydrogens (primary N) is 1. The van der Waals surface area contributed by atoms with Gasteiger partial charge in [0.05, 0.1) is 13.7 Å².